The third kappa shape index (κ3) is 3.00. The maximum absolute atomic E-state index is 12.2. The van der Waals surface area contributed by atoms with Gasteiger partial charge in [0, 0.05) is 11.3 Å². The van der Waals surface area contributed by atoms with E-state index in [-0.39, 0.29) is 5.91 Å². The number of nitrogen functional groups attached to an aromatic ring is 1. The van der Waals surface area contributed by atoms with Crippen LogP contribution in [0.25, 0.3) is 0 Å². The highest BCUT2D eigenvalue weighted by atomic mass is 35.5. The van der Waals surface area contributed by atoms with Crippen molar-refractivity contribution in [3.8, 4) is 0 Å². The van der Waals surface area contributed by atoms with Crippen LogP contribution in [-0.2, 0) is 0 Å². The first-order valence-corrected chi connectivity index (χ1v) is 6.36. The van der Waals surface area contributed by atoms with Crippen LogP contribution in [0.3, 0.4) is 0 Å². The van der Waals surface area contributed by atoms with Crippen LogP contribution in [0.2, 0.25) is 10.0 Å². The summed E-state index contributed by atoms with van der Waals surface area (Å²) in [6, 6.07) is 10.2. The number of benzene rings is 2. The van der Waals surface area contributed by atoms with Crippen LogP contribution in [0, 0.1) is 6.92 Å². The molecule has 0 aliphatic rings. The molecule has 19 heavy (non-hydrogen) atoms. The monoisotopic (exact) mass is 294 g/mol. The lowest BCUT2D eigenvalue weighted by atomic mass is 10.1. The summed E-state index contributed by atoms with van der Waals surface area (Å²) in [7, 11) is 0. The molecule has 3 nitrogen and oxygen atoms in total. The number of rotatable bonds is 2. The van der Waals surface area contributed by atoms with E-state index in [0.717, 1.165) is 5.56 Å². The Labute approximate surface area is 121 Å². The average Bonchev–Trinajstić information content (AvgIpc) is 2.38. The molecule has 2 rings (SSSR count). The smallest absolute Gasteiger partial charge is 0.256 e. The van der Waals surface area contributed by atoms with Crippen LogP contribution in [0.1, 0.15) is 15.9 Å². The molecule has 1 amide bonds. The van der Waals surface area contributed by atoms with E-state index in [1.165, 1.54) is 0 Å². The zero-order chi connectivity index (χ0) is 14.0. The van der Waals surface area contributed by atoms with E-state index in [4.69, 9.17) is 28.9 Å². The van der Waals surface area contributed by atoms with E-state index in [1.54, 1.807) is 36.4 Å². The van der Waals surface area contributed by atoms with Gasteiger partial charge in [-0.1, -0.05) is 35.3 Å². The van der Waals surface area contributed by atoms with Gasteiger partial charge in [0.25, 0.3) is 5.91 Å². The second-order valence-corrected chi connectivity index (χ2v) is 4.92. The number of aryl methyl sites for hydroxylation is 1. The molecule has 5 heteroatoms. The number of carbonyl (C=O) groups is 1. The Kier molecular flexibility index (Phi) is 3.98. The molecular formula is C14H12Cl2N2O. The predicted molar refractivity (Wildman–Crippen MR) is 80.0 cm³/mol. The van der Waals surface area contributed by atoms with Gasteiger partial charge in [-0.3, -0.25) is 4.79 Å². The molecule has 98 valence electrons. The highest BCUT2D eigenvalue weighted by Crippen LogP contribution is 2.30. The summed E-state index contributed by atoms with van der Waals surface area (Å²) < 4.78 is 0. The van der Waals surface area contributed by atoms with Crippen molar-refractivity contribution in [2.24, 2.45) is 0 Å². The van der Waals surface area contributed by atoms with Gasteiger partial charge in [0.1, 0.15) is 0 Å². The third-order valence-electron chi connectivity index (χ3n) is 2.71. The minimum atomic E-state index is -0.269. The number of nitrogens with two attached hydrogens (primary N) is 1. The zero-order valence-electron chi connectivity index (χ0n) is 10.2. The summed E-state index contributed by atoms with van der Waals surface area (Å²) in [6.45, 7) is 1.84. The van der Waals surface area contributed by atoms with E-state index >= 15 is 0 Å². The molecule has 0 aromatic heterocycles. The Morgan fingerprint density at radius 2 is 1.95 bits per heavy atom. The maximum Gasteiger partial charge on any atom is 0.256 e. The Hall–Kier alpha value is -1.71. The summed E-state index contributed by atoms with van der Waals surface area (Å²) in [6.07, 6.45) is 0. The van der Waals surface area contributed by atoms with Gasteiger partial charge < -0.3 is 11.1 Å². The Morgan fingerprint density at radius 3 is 2.68 bits per heavy atom. The van der Waals surface area contributed by atoms with E-state index in [9.17, 15) is 4.79 Å². The minimum absolute atomic E-state index is 0.269. The molecule has 0 aliphatic carbocycles. The summed E-state index contributed by atoms with van der Waals surface area (Å²) in [5.41, 5.74) is 8.04. The molecule has 0 aliphatic heterocycles. The molecular weight excluding hydrogens is 283 g/mol. The topological polar surface area (TPSA) is 55.1 Å². The number of hydrogen-bond donors (Lipinski definition) is 2. The summed E-state index contributed by atoms with van der Waals surface area (Å²) in [5, 5.41) is 3.44. The summed E-state index contributed by atoms with van der Waals surface area (Å²) in [5.74, 6) is -0.269. The number of nitrogens with one attached hydrogen (secondary N) is 1. The third-order valence-corrected chi connectivity index (χ3v) is 3.52. The SMILES string of the molecule is Cc1ccc(N)cc1C(=O)Nc1cccc(Cl)c1Cl. The molecule has 0 unspecified atom stereocenters. The molecule has 0 heterocycles. The van der Waals surface area contributed by atoms with Crippen LogP contribution < -0.4 is 11.1 Å². The molecule has 0 saturated heterocycles. The second kappa shape index (κ2) is 5.51. The number of halogens is 2. The first-order valence-electron chi connectivity index (χ1n) is 5.60. The van der Waals surface area contributed by atoms with E-state index in [1.807, 2.05) is 6.92 Å². The molecule has 0 radical (unpaired) electrons. The predicted octanol–water partition coefficient (Wildman–Crippen LogP) is 4.14. The molecule has 2 aromatic rings. The Balaban J connectivity index is 2.31. The van der Waals surface area contributed by atoms with Gasteiger partial charge in [-0.25, -0.2) is 0 Å². The molecule has 0 fully saturated rings. The van der Waals surface area contributed by atoms with Crippen molar-refractivity contribution in [1.29, 1.82) is 0 Å². The van der Waals surface area contributed by atoms with Crippen LogP contribution in [0.15, 0.2) is 36.4 Å². The van der Waals surface area contributed by atoms with Crippen molar-refractivity contribution in [2.45, 2.75) is 6.92 Å². The van der Waals surface area contributed by atoms with Crippen molar-refractivity contribution in [1.82, 2.24) is 0 Å². The normalized spacial score (nSPS) is 10.3. The van der Waals surface area contributed by atoms with Gasteiger partial charge in [-0.05, 0) is 36.8 Å². The van der Waals surface area contributed by atoms with Crippen molar-refractivity contribution in [3.63, 3.8) is 0 Å². The summed E-state index contributed by atoms with van der Waals surface area (Å²) in [4.78, 5) is 12.2. The zero-order valence-corrected chi connectivity index (χ0v) is 11.7. The largest absolute Gasteiger partial charge is 0.399 e. The first-order chi connectivity index (χ1) is 8.99. The van der Waals surface area contributed by atoms with Gasteiger partial charge in [0.05, 0.1) is 15.7 Å². The van der Waals surface area contributed by atoms with Crippen LogP contribution in [-0.4, -0.2) is 5.91 Å². The molecule has 0 bridgehead atoms. The molecule has 0 saturated carbocycles. The number of anilines is 2. The lowest BCUT2D eigenvalue weighted by Crippen LogP contribution is -2.14. The van der Waals surface area contributed by atoms with Crippen molar-refractivity contribution >= 4 is 40.5 Å². The lowest BCUT2D eigenvalue weighted by molar-refractivity contribution is 0.102. The summed E-state index contributed by atoms with van der Waals surface area (Å²) >= 11 is 11.9. The fourth-order valence-electron chi connectivity index (χ4n) is 1.67. The fourth-order valence-corrected chi connectivity index (χ4v) is 2.02. The van der Waals surface area contributed by atoms with Gasteiger partial charge in [-0.2, -0.15) is 0 Å². The highest BCUT2D eigenvalue weighted by molar-refractivity contribution is 6.44. The van der Waals surface area contributed by atoms with Crippen molar-refractivity contribution in [2.75, 3.05) is 11.1 Å². The quantitative estimate of drug-likeness (QED) is 0.818. The Bertz CT molecular complexity index is 641. The van der Waals surface area contributed by atoms with Gasteiger partial charge >= 0.3 is 0 Å². The van der Waals surface area contributed by atoms with Gasteiger partial charge in [-0.15, -0.1) is 0 Å². The van der Waals surface area contributed by atoms with Crippen LogP contribution in [0.4, 0.5) is 11.4 Å². The first kappa shape index (κ1) is 13.7. The van der Waals surface area contributed by atoms with Crippen LogP contribution in [0.5, 0.6) is 0 Å². The standard InChI is InChI=1S/C14H12Cl2N2O/c1-8-5-6-9(17)7-10(8)14(19)18-12-4-2-3-11(15)13(12)16/h2-7H,17H2,1H3,(H,18,19). The van der Waals surface area contributed by atoms with E-state index in [0.29, 0.717) is 27.0 Å². The van der Waals surface area contributed by atoms with Crippen molar-refractivity contribution in [3.05, 3.63) is 57.6 Å². The number of amides is 1. The highest BCUT2D eigenvalue weighted by Gasteiger charge is 2.12. The second-order valence-electron chi connectivity index (χ2n) is 4.13. The van der Waals surface area contributed by atoms with E-state index < -0.39 is 0 Å². The molecule has 0 spiro atoms. The lowest BCUT2D eigenvalue weighted by Gasteiger charge is -2.10. The number of hydrogen-bond acceptors (Lipinski definition) is 2. The average molecular weight is 295 g/mol. The molecule has 2 aromatic carbocycles. The molecule has 0 atom stereocenters. The maximum atomic E-state index is 12.2. The van der Waals surface area contributed by atoms with Gasteiger partial charge in [0.15, 0.2) is 0 Å². The fraction of sp³-hybridized carbons (Fsp3) is 0.0714. The van der Waals surface area contributed by atoms with Gasteiger partial charge in [0.2, 0.25) is 0 Å². The minimum Gasteiger partial charge on any atom is -0.399 e. The van der Waals surface area contributed by atoms with Crippen molar-refractivity contribution < 1.29 is 4.79 Å². The number of carbonyl (C=O) groups excluding carboxylic acids is 1. The van der Waals surface area contributed by atoms with E-state index in [2.05, 4.69) is 5.32 Å². The Morgan fingerprint density at radius 1 is 1.21 bits per heavy atom. The molecule has 3 N–H and O–H groups in total. The van der Waals surface area contributed by atoms with Crippen LogP contribution >= 0.6 is 23.2 Å².